The van der Waals surface area contributed by atoms with E-state index in [-0.39, 0.29) is 6.17 Å². The van der Waals surface area contributed by atoms with Crippen LogP contribution in [0.15, 0.2) is 197 Å². The van der Waals surface area contributed by atoms with Gasteiger partial charge in [0, 0.05) is 58.7 Å². The number of fused-ring (bicyclic) bond motifs is 9. The second kappa shape index (κ2) is 12.7. The summed E-state index contributed by atoms with van der Waals surface area (Å²) in [7, 11) is 0. The molecule has 1 unspecified atom stereocenters. The summed E-state index contributed by atoms with van der Waals surface area (Å²) in [6, 6.07) is 65.1. The topological polar surface area (TPSA) is 42.5 Å². The zero-order valence-electron chi connectivity index (χ0n) is 30.7. The highest BCUT2D eigenvalue weighted by molar-refractivity contribution is 7.26. The van der Waals surface area contributed by atoms with Gasteiger partial charge in [-0.05, 0) is 70.8 Å². The summed E-state index contributed by atoms with van der Waals surface area (Å²) in [6.45, 7) is 0. The van der Waals surface area contributed by atoms with Crippen LogP contribution in [0.1, 0.15) is 22.9 Å². The molecule has 4 nitrogen and oxygen atoms in total. The molecule has 0 saturated heterocycles. The lowest BCUT2D eigenvalue weighted by Gasteiger charge is -2.25. The second-order valence-electron chi connectivity index (χ2n) is 14.7. The summed E-state index contributed by atoms with van der Waals surface area (Å²) in [6.07, 6.45) is 1.88. The maximum absolute atomic E-state index is 6.42. The number of nitrogens with one attached hydrogen (secondary N) is 1. The molecule has 0 radical (unpaired) electrons. The van der Waals surface area contributed by atoms with Crippen molar-refractivity contribution in [3.63, 3.8) is 0 Å². The molecule has 0 bridgehead atoms. The third kappa shape index (κ3) is 5.10. The van der Waals surface area contributed by atoms with Crippen LogP contribution >= 0.6 is 11.3 Å². The molecule has 1 aliphatic rings. The Morgan fingerprint density at radius 3 is 2.09 bits per heavy atom. The fraction of sp³-hybridized carbons (Fsp3) is 0.0192. The first-order valence-electron chi connectivity index (χ1n) is 19.3. The maximum Gasteiger partial charge on any atom is 0.145 e. The molecule has 4 heterocycles. The van der Waals surface area contributed by atoms with E-state index in [2.05, 4.69) is 192 Å². The van der Waals surface area contributed by atoms with Crippen LogP contribution in [0.25, 0.3) is 86.4 Å². The largest absolute Gasteiger partial charge is 0.456 e. The molecule has 1 aliphatic heterocycles. The zero-order valence-corrected chi connectivity index (χ0v) is 31.5. The molecule has 0 fully saturated rings. The fourth-order valence-corrected chi connectivity index (χ4v) is 10.0. The summed E-state index contributed by atoms with van der Waals surface area (Å²) < 4.78 is 11.4. The molecule has 3 aromatic heterocycles. The number of thiophene rings is 1. The van der Waals surface area contributed by atoms with Gasteiger partial charge in [0.1, 0.15) is 17.3 Å². The summed E-state index contributed by atoms with van der Waals surface area (Å²) in [5, 5.41) is 11.0. The van der Waals surface area contributed by atoms with Crippen LogP contribution in [-0.2, 0) is 0 Å². The average molecular weight is 748 g/mol. The number of nitrogens with zero attached hydrogens (tertiary/aromatic N) is 2. The molecule has 268 valence electrons. The predicted molar refractivity (Wildman–Crippen MR) is 240 cm³/mol. The number of aliphatic imine (C=N–C) groups is 1. The van der Waals surface area contributed by atoms with Gasteiger partial charge in [-0.25, -0.2) is 0 Å². The lowest BCUT2D eigenvalue weighted by Crippen LogP contribution is -2.24. The Morgan fingerprint density at radius 1 is 0.526 bits per heavy atom. The summed E-state index contributed by atoms with van der Waals surface area (Å²) in [4.78, 5) is 5.34. The van der Waals surface area contributed by atoms with E-state index in [4.69, 9.17) is 9.41 Å². The summed E-state index contributed by atoms with van der Waals surface area (Å²) in [5.74, 6) is 0. The fourth-order valence-electron chi connectivity index (χ4n) is 8.82. The van der Waals surface area contributed by atoms with Crippen LogP contribution in [0.5, 0.6) is 0 Å². The molecule has 5 heteroatoms. The number of furan rings is 1. The zero-order chi connectivity index (χ0) is 37.5. The molecule has 0 spiro atoms. The Bertz CT molecular complexity index is 3440. The van der Waals surface area contributed by atoms with E-state index in [1.54, 1.807) is 0 Å². The number of rotatable bonds is 5. The third-order valence-corrected chi connectivity index (χ3v) is 12.6. The Labute approximate surface area is 332 Å². The molecule has 0 saturated carbocycles. The van der Waals surface area contributed by atoms with Crippen LogP contribution < -0.4 is 5.32 Å². The van der Waals surface area contributed by atoms with Gasteiger partial charge < -0.3 is 14.3 Å². The Morgan fingerprint density at radius 2 is 1.23 bits per heavy atom. The number of para-hydroxylation sites is 2. The van der Waals surface area contributed by atoms with Crippen LogP contribution in [0.4, 0.5) is 0 Å². The van der Waals surface area contributed by atoms with Crippen molar-refractivity contribution < 1.29 is 4.42 Å². The highest BCUT2D eigenvalue weighted by Crippen LogP contribution is 2.46. The number of benzene rings is 8. The van der Waals surface area contributed by atoms with Gasteiger partial charge in [-0.3, -0.25) is 4.99 Å². The minimum atomic E-state index is -0.290. The first-order valence-corrected chi connectivity index (χ1v) is 20.1. The molecule has 1 N–H and O–H groups in total. The number of allylic oxidation sites excluding steroid dienone is 1. The molecule has 0 amide bonds. The Kier molecular flexibility index (Phi) is 7.13. The summed E-state index contributed by atoms with van der Waals surface area (Å²) >= 11 is 1.86. The van der Waals surface area contributed by atoms with Crippen molar-refractivity contribution in [3.05, 3.63) is 205 Å². The summed E-state index contributed by atoms with van der Waals surface area (Å²) in [5.41, 5.74) is 12.9. The maximum atomic E-state index is 6.42. The van der Waals surface area contributed by atoms with Gasteiger partial charge in [0.15, 0.2) is 0 Å². The van der Waals surface area contributed by atoms with E-state index in [1.165, 1.54) is 42.1 Å². The lowest BCUT2D eigenvalue weighted by atomic mass is 9.97. The minimum absolute atomic E-state index is 0.290. The molecule has 0 aliphatic carbocycles. The molecule has 11 aromatic rings. The van der Waals surface area contributed by atoms with E-state index >= 15 is 0 Å². The quantitative estimate of drug-likeness (QED) is 0.190. The first-order chi connectivity index (χ1) is 28.2. The van der Waals surface area contributed by atoms with Gasteiger partial charge in [0.2, 0.25) is 0 Å². The van der Waals surface area contributed by atoms with Crippen molar-refractivity contribution in [1.29, 1.82) is 0 Å². The standard InChI is InChI=1S/C52H33N3OS/c1-3-14-32(15-4-1)43-31-44(33-16-5-2-6-17-33)54-52(53-43)34-26-27-37-36-18-7-10-22-45(36)55(46(37)28-34)35-29-41-38-19-9-12-25-49(38)57-51(41)42(30-35)39-21-13-24-48-50(39)40-20-8-11-23-47(40)56-48/h1-31,52-53H. The van der Waals surface area contributed by atoms with E-state index in [9.17, 15) is 0 Å². The third-order valence-electron chi connectivity index (χ3n) is 11.4. The van der Waals surface area contributed by atoms with Crippen molar-refractivity contribution >= 4 is 86.7 Å². The molecular weight excluding hydrogens is 715 g/mol. The number of aromatic nitrogens is 1. The van der Waals surface area contributed by atoms with Crippen molar-refractivity contribution in [2.24, 2.45) is 4.99 Å². The molecule has 12 rings (SSSR count). The Hall–Kier alpha value is -7.21. The minimum Gasteiger partial charge on any atom is -0.456 e. The van der Waals surface area contributed by atoms with E-state index in [1.807, 2.05) is 17.4 Å². The van der Waals surface area contributed by atoms with Crippen LogP contribution in [0, 0.1) is 0 Å². The molecular formula is C52H33N3OS. The van der Waals surface area contributed by atoms with Crippen LogP contribution in [0.2, 0.25) is 0 Å². The van der Waals surface area contributed by atoms with Gasteiger partial charge in [0.25, 0.3) is 0 Å². The number of hydrogen-bond donors (Lipinski definition) is 1. The van der Waals surface area contributed by atoms with Gasteiger partial charge in [-0.1, -0.05) is 140 Å². The van der Waals surface area contributed by atoms with E-state index in [0.717, 1.165) is 66.8 Å². The Balaban J connectivity index is 1.11. The van der Waals surface area contributed by atoms with Crippen molar-refractivity contribution in [2.75, 3.05) is 0 Å². The normalized spacial score (nSPS) is 14.5. The van der Waals surface area contributed by atoms with Crippen molar-refractivity contribution in [2.45, 2.75) is 6.17 Å². The van der Waals surface area contributed by atoms with Gasteiger partial charge in [-0.2, -0.15) is 0 Å². The monoisotopic (exact) mass is 747 g/mol. The van der Waals surface area contributed by atoms with Gasteiger partial charge >= 0.3 is 0 Å². The smallest absolute Gasteiger partial charge is 0.145 e. The molecule has 1 atom stereocenters. The van der Waals surface area contributed by atoms with Crippen molar-refractivity contribution in [1.82, 2.24) is 9.88 Å². The highest BCUT2D eigenvalue weighted by Gasteiger charge is 2.23. The van der Waals surface area contributed by atoms with Crippen molar-refractivity contribution in [3.8, 4) is 16.8 Å². The van der Waals surface area contributed by atoms with Crippen LogP contribution in [0.3, 0.4) is 0 Å². The van der Waals surface area contributed by atoms with Crippen LogP contribution in [-0.4, -0.2) is 10.3 Å². The molecule has 57 heavy (non-hydrogen) atoms. The predicted octanol–water partition coefficient (Wildman–Crippen LogP) is 13.9. The van der Waals surface area contributed by atoms with Gasteiger partial charge in [-0.15, -0.1) is 11.3 Å². The van der Waals surface area contributed by atoms with E-state index < -0.39 is 0 Å². The highest BCUT2D eigenvalue weighted by atomic mass is 32.1. The van der Waals surface area contributed by atoms with Gasteiger partial charge in [0.05, 0.1) is 16.7 Å². The van der Waals surface area contributed by atoms with E-state index in [0.29, 0.717) is 0 Å². The number of hydrogen-bond acceptors (Lipinski definition) is 4. The average Bonchev–Trinajstić information content (AvgIpc) is 3.96. The second-order valence-corrected chi connectivity index (χ2v) is 15.8. The lowest BCUT2D eigenvalue weighted by molar-refractivity contribution is 0.664. The SMILES string of the molecule is C1=C(c2ccccc2)NC(c2ccc3c4ccccc4n(-c4cc(-c5cccc6oc7ccccc7c56)c5sc6ccccc6c5c4)c3c2)N=C1c1ccccc1. The first kappa shape index (κ1) is 32.1. The molecule has 8 aromatic carbocycles.